The van der Waals surface area contributed by atoms with Crippen molar-refractivity contribution in [2.75, 3.05) is 19.7 Å². The Balaban J connectivity index is 2.42. The number of rotatable bonds is 9. The van der Waals surface area contributed by atoms with Gasteiger partial charge < -0.3 is 14.7 Å². The van der Waals surface area contributed by atoms with Gasteiger partial charge in [-0.2, -0.15) is 0 Å². The molecule has 0 aliphatic heterocycles. The number of hydrogen-bond donors (Lipinski definition) is 1. The molecule has 0 saturated carbocycles. The summed E-state index contributed by atoms with van der Waals surface area (Å²) in [6.07, 6.45) is 1.01. The quantitative estimate of drug-likeness (QED) is 0.710. The van der Waals surface area contributed by atoms with Gasteiger partial charge in [-0.05, 0) is 26.3 Å². The molecule has 1 rings (SSSR count). The lowest BCUT2D eigenvalue weighted by Crippen LogP contribution is -2.30. The molecular formula is C16H23NO4. The number of amides is 1. The number of nitrogens with zero attached hydrogens (tertiary/aromatic N) is 1. The van der Waals surface area contributed by atoms with Crippen LogP contribution in [0.5, 0.6) is 5.75 Å². The molecule has 116 valence electrons. The molecule has 0 fully saturated rings. The minimum absolute atomic E-state index is 0.0610. The number of ether oxygens (including phenoxy) is 1. The highest BCUT2D eigenvalue weighted by Crippen LogP contribution is 2.18. The first-order chi connectivity index (χ1) is 10.1. The Morgan fingerprint density at radius 3 is 2.48 bits per heavy atom. The lowest BCUT2D eigenvalue weighted by molar-refractivity contribution is -0.136. The molecule has 1 aromatic carbocycles. The molecule has 0 atom stereocenters. The van der Waals surface area contributed by atoms with E-state index in [1.165, 1.54) is 0 Å². The van der Waals surface area contributed by atoms with Gasteiger partial charge in [0.05, 0.1) is 13.0 Å². The number of hydrogen-bond acceptors (Lipinski definition) is 3. The Morgan fingerprint density at radius 2 is 1.86 bits per heavy atom. The van der Waals surface area contributed by atoms with Crippen LogP contribution in [-0.4, -0.2) is 41.6 Å². The van der Waals surface area contributed by atoms with Gasteiger partial charge in [0.2, 0.25) is 5.91 Å². The summed E-state index contributed by atoms with van der Waals surface area (Å²) in [5.41, 5.74) is 0.653. The molecule has 0 heterocycles. The van der Waals surface area contributed by atoms with Crippen LogP contribution in [0.25, 0.3) is 0 Å². The van der Waals surface area contributed by atoms with E-state index < -0.39 is 5.97 Å². The molecule has 0 saturated heterocycles. The average Bonchev–Trinajstić information content (AvgIpc) is 2.46. The smallest absolute Gasteiger partial charge is 0.307 e. The van der Waals surface area contributed by atoms with Crippen molar-refractivity contribution in [3.05, 3.63) is 29.8 Å². The van der Waals surface area contributed by atoms with Gasteiger partial charge in [0.1, 0.15) is 5.75 Å². The number of benzene rings is 1. The summed E-state index contributed by atoms with van der Waals surface area (Å²) in [4.78, 5) is 24.4. The lowest BCUT2D eigenvalue weighted by atomic mass is 10.1. The van der Waals surface area contributed by atoms with Crippen LogP contribution in [-0.2, 0) is 16.0 Å². The molecule has 0 aliphatic rings. The van der Waals surface area contributed by atoms with Crippen LogP contribution in [0.1, 0.15) is 32.3 Å². The summed E-state index contributed by atoms with van der Waals surface area (Å²) in [6, 6.07) is 7.09. The van der Waals surface area contributed by atoms with Crippen LogP contribution in [0.15, 0.2) is 24.3 Å². The van der Waals surface area contributed by atoms with Crippen molar-refractivity contribution in [1.82, 2.24) is 4.90 Å². The highest BCUT2D eigenvalue weighted by molar-refractivity contribution is 5.76. The maximum atomic E-state index is 11.8. The SMILES string of the molecule is CCN(CC)C(=O)CCCOc1ccccc1CC(=O)O. The summed E-state index contributed by atoms with van der Waals surface area (Å²) in [5, 5.41) is 8.85. The predicted molar refractivity (Wildman–Crippen MR) is 80.4 cm³/mol. The molecule has 1 amide bonds. The van der Waals surface area contributed by atoms with Gasteiger partial charge in [0.15, 0.2) is 0 Å². The zero-order chi connectivity index (χ0) is 15.7. The van der Waals surface area contributed by atoms with Gasteiger partial charge in [-0.25, -0.2) is 0 Å². The van der Waals surface area contributed by atoms with Gasteiger partial charge in [0.25, 0.3) is 0 Å². The molecule has 5 nitrogen and oxygen atoms in total. The third kappa shape index (κ3) is 5.85. The fourth-order valence-electron chi connectivity index (χ4n) is 2.09. The van der Waals surface area contributed by atoms with Crippen molar-refractivity contribution in [2.45, 2.75) is 33.1 Å². The van der Waals surface area contributed by atoms with Crippen LogP contribution < -0.4 is 4.74 Å². The van der Waals surface area contributed by atoms with E-state index in [0.717, 1.165) is 13.1 Å². The summed E-state index contributed by atoms with van der Waals surface area (Å²) in [6.45, 7) is 5.76. The van der Waals surface area contributed by atoms with E-state index in [9.17, 15) is 9.59 Å². The van der Waals surface area contributed by atoms with Gasteiger partial charge in [-0.3, -0.25) is 9.59 Å². The first kappa shape index (κ1) is 17.0. The van der Waals surface area contributed by atoms with Crippen molar-refractivity contribution in [1.29, 1.82) is 0 Å². The van der Waals surface area contributed by atoms with Crippen molar-refractivity contribution >= 4 is 11.9 Å². The van der Waals surface area contributed by atoms with E-state index >= 15 is 0 Å². The number of aliphatic carboxylic acids is 1. The van der Waals surface area contributed by atoms with Crippen LogP contribution >= 0.6 is 0 Å². The zero-order valence-corrected chi connectivity index (χ0v) is 12.7. The Hall–Kier alpha value is -2.04. The highest BCUT2D eigenvalue weighted by atomic mass is 16.5. The Labute approximate surface area is 125 Å². The molecule has 5 heteroatoms. The molecule has 0 bridgehead atoms. The molecule has 0 aromatic heterocycles. The fraction of sp³-hybridized carbons (Fsp3) is 0.500. The Bertz CT molecular complexity index is 469. The second kappa shape index (κ2) is 9.00. The number of para-hydroxylation sites is 1. The second-order valence-corrected chi connectivity index (χ2v) is 4.70. The number of carbonyl (C=O) groups is 2. The number of carboxylic acids is 1. The van der Waals surface area contributed by atoms with Gasteiger partial charge in [0, 0.05) is 25.1 Å². The first-order valence-electron chi connectivity index (χ1n) is 7.28. The highest BCUT2D eigenvalue weighted by Gasteiger charge is 2.10. The summed E-state index contributed by atoms with van der Waals surface area (Å²) >= 11 is 0. The van der Waals surface area contributed by atoms with Crippen molar-refractivity contribution in [3.8, 4) is 5.75 Å². The minimum Gasteiger partial charge on any atom is -0.493 e. The number of carbonyl (C=O) groups excluding carboxylic acids is 1. The largest absolute Gasteiger partial charge is 0.493 e. The van der Waals surface area contributed by atoms with E-state index in [0.29, 0.717) is 30.8 Å². The van der Waals surface area contributed by atoms with E-state index in [1.807, 2.05) is 19.9 Å². The van der Waals surface area contributed by atoms with Crippen molar-refractivity contribution in [3.63, 3.8) is 0 Å². The fourth-order valence-corrected chi connectivity index (χ4v) is 2.09. The monoisotopic (exact) mass is 293 g/mol. The van der Waals surface area contributed by atoms with Crippen LogP contribution in [0.2, 0.25) is 0 Å². The van der Waals surface area contributed by atoms with Crippen molar-refractivity contribution < 1.29 is 19.4 Å². The Kier molecular flexibility index (Phi) is 7.29. The maximum absolute atomic E-state index is 11.8. The molecule has 0 radical (unpaired) electrons. The molecule has 0 aliphatic carbocycles. The molecule has 1 aromatic rings. The number of carboxylic acid groups (broad SMARTS) is 1. The summed E-state index contributed by atoms with van der Waals surface area (Å²) in [7, 11) is 0. The van der Waals surface area contributed by atoms with Crippen LogP contribution in [0.4, 0.5) is 0 Å². The van der Waals surface area contributed by atoms with E-state index in [4.69, 9.17) is 9.84 Å². The lowest BCUT2D eigenvalue weighted by Gasteiger charge is -2.18. The summed E-state index contributed by atoms with van der Waals surface area (Å²) in [5.74, 6) is -0.180. The van der Waals surface area contributed by atoms with Gasteiger partial charge in [-0.15, -0.1) is 0 Å². The zero-order valence-electron chi connectivity index (χ0n) is 12.7. The summed E-state index contributed by atoms with van der Waals surface area (Å²) < 4.78 is 5.60. The normalized spacial score (nSPS) is 10.2. The Morgan fingerprint density at radius 1 is 1.19 bits per heavy atom. The van der Waals surface area contributed by atoms with Gasteiger partial charge in [-0.1, -0.05) is 18.2 Å². The van der Waals surface area contributed by atoms with Gasteiger partial charge >= 0.3 is 5.97 Å². The maximum Gasteiger partial charge on any atom is 0.307 e. The van der Waals surface area contributed by atoms with E-state index in [-0.39, 0.29) is 12.3 Å². The molecular weight excluding hydrogens is 270 g/mol. The standard InChI is InChI=1S/C16H23NO4/c1-3-17(4-2)15(18)10-7-11-21-14-9-6-5-8-13(14)12-16(19)20/h5-6,8-9H,3-4,7,10-12H2,1-2H3,(H,19,20). The topological polar surface area (TPSA) is 66.8 Å². The first-order valence-corrected chi connectivity index (χ1v) is 7.28. The van der Waals surface area contributed by atoms with Crippen LogP contribution in [0, 0.1) is 0 Å². The van der Waals surface area contributed by atoms with E-state index in [1.54, 1.807) is 23.1 Å². The molecule has 1 N–H and O–H groups in total. The van der Waals surface area contributed by atoms with E-state index in [2.05, 4.69) is 0 Å². The second-order valence-electron chi connectivity index (χ2n) is 4.70. The van der Waals surface area contributed by atoms with Crippen LogP contribution in [0.3, 0.4) is 0 Å². The molecule has 21 heavy (non-hydrogen) atoms. The minimum atomic E-state index is -0.886. The third-order valence-corrected chi connectivity index (χ3v) is 3.22. The molecule has 0 spiro atoms. The van der Waals surface area contributed by atoms with Crippen molar-refractivity contribution in [2.24, 2.45) is 0 Å². The average molecular weight is 293 g/mol. The molecule has 0 unspecified atom stereocenters. The predicted octanol–water partition coefficient (Wildman–Crippen LogP) is 2.34. The third-order valence-electron chi connectivity index (χ3n) is 3.22.